The molecule has 1 aromatic heterocycles. The van der Waals surface area contributed by atoms with Gasteiger partial charge >= 0.3 is 0 Å². The molecule has 1 atom stereocenters. The Morgan fingerprint density at radius 3 is 2.63 bits per heavy atom. The molecule has 3 aromatic rings. The number of nitrogens with zero attached hydrogens (tertiary/aromatic N) is 3. The first kappa shape index (κ1) is 17.1. The summed E-state index contributed by atoms with van der Waals surface area (Å²) in [6, 6.07) is 14.6. The van der Waals surface area contributed by atoms with Crippen LogP contribution in [0.15, 0.2) is 60.9 Å². The highest BCUT2D eigenvalue weighted by atomic mass is 19.1. The minimum absolute atomic E-state index is 0.0914. The standard InChI is InChI=1S/C21H19FN4O/c1-14-10-15-6-3-5-9-19(15)26(14)20(27)17-12-24-21(25-13-17)23-11-16-7-2-4-8-18(16)22/h2-9,12-14H,10-11H2,1H3,(H,23,24,25). The number of carbonyl (C=O) groups is 1. The second-order valence-corrected chi connectivity index (χ2v) is 6.60. The molecule has 0 bridgehead atoms. The van der Waals surface area contributed by atoms with Gasteiger partial charge in [0.05, 0.1) is 5.56 Å². The first-order chi connectivity index (χ1) is 13.1. The maximum atomic E-state index is 13.7. The molecule has 5 nitrogen and oxygen atoms in total. The molecule has 1 unspecified atom stereocenters. The predicted molar refractivity (Wildman–Crippen MR) is 102 cm³/mol. The SMILES string of the molecule is CC1Cc2ccccc2N1C(=O)c1cnc(NCc2ccccc2F)nc1. The molecule has 0 saturated carbocycles. The summed E-state index contributed by atoms with van der Waals surface area (Å²) in [7, 11) is 0. The lowest BCUT2D eigenvalue weighted by molar-refractivity contribution is 0.0981. The van der Waals surface area contributed by atoms with Crippen molar-refractivity contribution in [2.45, 2.75) is 25.9 Å². The second kappa shape index (κ2) is 7.15. The average Bonchev–Trinajstić information content (AvgIpc) is 3.03. The van der Waals surface area contributed by atoms with E-state index in [1.807, 2.05) is 31.2 Å². The van der Waals surface area contributed by atoms with Crippen LogP contribution in [0.25, 0.3) is 0 Å². The van der Waals surface area contributed by atoms with Gasteiger partial charge in [0.1, 0.15) is 5.82 Å². The monoisotopic (exact) mass is 362 g/mol. The number of hydrogen-bond donors (Lipinski definition) is 1. The van der Waals surface area contributed by atoms with E-state index in [-0.39, 0.29) is 24.3 Å². The zero-order chi connectivity index (χ0) is 18.8. The van der Waals surface area contributed by atoms with Crippen LogP contribution in [0, 0.1) is 5.82 Å². The lowest BCUT2D eigenvalue weighted by Crippen LogP contribution is -2.35. The summed E-state index contributed by atoms with van der Waals surface area (Å²) in [5, 5.41) is 2.97. The van der Waals surface area contributed by atoms with Gasteiger partial charge in [-0.05, 0) is 31.0 Å². The van der Waals surface area contributed by atoms with Crippen molar-refractivity contribution in [1.82, 2.24) is 9.97 Å². The van der Waals surface area contributed by atoms with Crippen LogP contribution in [0.3, 0.4) is 0 Å². The van der Waals surface area contributed by atoms with Crippen molar-refractivity contribution in [3.8, 4) is 0 Å². The van der Waals surface area contributed by atoms with Gasteiger partial charge in [-0.1, -0.05) is 36.4 Å². The average molecular weight is 362 g/mol. The zero-order valence-corrected chi connectivity index (χ0v) is 14.9. The van der Waals surface area contributed by atoms with Crippen molar-refractivity contribution in [3.05, 3.63) is 83.4 Å². The van der Waals surface area contributed by atoms with E-state index in [1.54, 1.807) is 23.1 Å². The van der Waals surface area contributed by atoms with Gasteiger partial charge in [0.2, 0.25) is 5.95 Å². The Bertz CT molecular complexity index is 974. The minimum Gasteiger partial charge on any atom is -0.350 e. The molecule has 1 aliphatic rings. The van der Waals surface area contributed by atoms with E-state index in [4.69, 9.17) is 0 Å². The quantitative estimate of drug-likeness (QED) is 0.767. The Labute approximate surface area is 156 Å². The number of benzene rings is 2. The molecule has 136 valence electrons. The van der Waals surface area contributed by atoms with E-state index in [0.717, 1.165) is 12.1 Å². The maximum absolute atomic E-state index is 13.7. The molecule has 1 amide bonds. The number of hydrogen-bond acceptors (Lipinski definition) is 4. The summed E-state index contributed by atoms with van der Waals surface area (Å²) in [5.74, 6) is -0.0451. The van der Waals surface area contributed by atoms with Crippen molar-refractivity contribution < 1.29 is 9.18 Å². The molecule has 2 heterocycles. The molecule has 0 fully saturated rings. The van der Waals surface area contributed by atoms with Gasteiger partial charge in [-0.15, -0.1) is 0 Å². The fourth-order valence-corrected chi connectivity index (χ4v) is 3.36. The third-order valence-electron chi connectivity index (χ3n) is 4.72. The van der Waals surface area contributed by atoms with E-state index >= 15 is 0 Å². The summed E-state index contributed by atoms with van der Waals surface area (Å²) in [5.41, 5.74) is 3.07. The van der Waals surface area contributed by atoms with Gasteiger partial charge in [0.25, 0.3) is 5.91 Å². The summed E-state index contributed by atoms with van der Waals surface area (Å²) in [6.07, 6.45) is 3.85. The predicted octanol–water partition coefficient (Wildman–Crippen LogP) is 3.82. The number of carbonyl (C=O) groups excluding carboxylic acids is 1. The Morgan fingerprint density at radius 1 is 1.15 bits per heavy atom. The molecular formula is C21H19FN4O. The number of halogens is 1. The third-order valence-corrected chi connectivity index (χ3v) is 4.72. The Hall–Kier alpha value is -3.28. The van der Waals surface area contributed by atoms with E-state index < -0.39 is 0 Å². The van der Waals surface area contributed by atoms with Gasteiger partial charge in [-0.2, -0.15) is 0 Å². The molecule has 2 aromatic carbocycles. The van der Waals surface area contributed by atoms with Gasteiger partial charge < -0.3 is 10.2 Å². The topological polar surface area (TPSA) is 58.1 Å². The summed E-state index contributed by atoms with van der Waals surface area (Å²) >= 11 is 0. The van der Waals surface area contributed by atoms with Gasteiger partial charge in [0.15, 0.2) is 0 Å². The number of aromatic nitrogens is 2. The number of fused-ring (bicyclic) bond motifs is 1. The molecule has 4 rings (SSSR count). The van der Waals surface area contributed by atoms with Crippen molar-refractivity contribution in [1.29, 1.82) is 0 Å². The van der Waals surface area contributed by atoms with E-state index in [1.165, 1.54) is 24.0 Å². The summed E-state index contributed by atoms with van der Waals surface area (Å²) in [6.45, 7) is 2.31. The molecule has 0 spiro atoms. The van der Waals surface area contributed by atoms with E-state index in [2.05, 4.69) is 15.3 Å². The van der Waals surface area contributed by atoms with Crippen LogP contribution in [0.2, 0.25) is 0 Å². The fraction of sp³-hybridized carbons (Fsp3) is 0.190. The Balaban J connectivity index is 1.48. The highest BCUT2D eigenvalue weighted by molar-refractivity contribution is 6.07. The first-order valence-corrected chi connectivity index (χ1v) is 8.84. The molecule has 0 saturated heterocycles. The largest absolute Gasteiger partial charge is 0.350 e. The first-order valence-electron chi connectivity index (χ1n) is 8.84. The van der Waals surface area contributed by atoms with Crippen molar-refractivity contribution in [2.24, 2.45) is 0 Å². The Kier molecular flexibility index (Phi) is 4.54. The molecule has 1 N–H and O–H groups in total. The van der Waals surface area contributed by atoms with Gasteiger partial charge in [-0.3, -0.25) is 4.79 Å². The van der Waals surface area contributed by atoms with Crippen molar-refractivity contribution in [2.75, 3.05) is 10.2 Å². The number of para-hydroxylation sites is 1. The van der Waals surface area contributed by atoms with E-state index in [0.29, 0.717) is 17.1 Å². The molecular weight excluding hydrogens is 343 g/mol. The smallest absolute Gasteiger partial charge is 0.261 e. The van der Waals surface area contributed by atoms with E-state index in [9.17, 15) is 9.18 Å². The highest BCUT2D eigenvalue weighted by Crippen LogP contribution is 2.32. The highest BCUT2D eigenvalue weighted by Gasteiger charge is 2.31. The molecule has 27 heavy (non-hydrogen) atoms. The molecule has 1 aliphatic heterocycles. The van der Waals surface area contributed by atoms with Crippen LogP contribution in [-0.4, -0.2) is 21.9 Å². The summed E-state index contributed by atoms with van der Waals surface area (Å²) in [4.78, 5) is 23.1. The maximum Gasteiger partial charge on any atom is 0.261 e. The fourth-order valence-electron chi connectivity index (χ4n) is 3.36. The van der Waals surface area contributed by atoms with Crippen LogP contribution < -0.4 is 10.2 Å². The van der Waals surface area contributed by atoms with Crippen molar-refractivity contribution >= 4 is 17.5 Å². The summed E-state index contributed by atoms with van der Waals surface area (Å²) < 4.78 is 13.7. The van der Waals surface area contributed by atoms with Gasteiger partial charge in [0, 0.05) is 36.2 Å². The normalized spacial score (nSPS) is 15.5. The number of nitrogens with one attached hydrogen (secondary N) is 1. The number of rotatable bonds is 4. The Morgan fingerprint density at radius 2 is 1.85 bits per heavy atom. The zero-order valence-electron chi connectivity index (χ0n) is 14.9. The second-order valence-electron chi connectivity index (χ2n) is 6.60. The van der Waals surface area contributed by atoms with Gasteiger partial charge in [-0.25, -0.2) is 14.4 Å². The molecule has 0 aliphatic carbocycles. The lowest BCUT2D eigenvalue weighted by Gasteiger charge is -2.22. The van der Waals surface area contributed by atoms with Crippen molar-refractivity contribution in [3.63, 3.8) is 0 Å². The minimum atomic E-state index is -0.279. The van der Waals surface area contributed by atoms with Crippen LogP contribution in [-0.2, 0) is 13.0 Å². The molecule has 6 heteroatoms. The van der Waals surface area contributed by atoms with Crippen LogP contribution in [0.1, 0.15) is 28.4 Å². The van der Waals surface area contributed by atoms with Crippen LogP contribution >= 0.6 is 0 Å². The third kappa shape index (κ3) is 3.38. The number of anilines is 2. The lowest BCUT2D eigenvalue weighted by atomic mass is 10.1. The molecule has 0 radical (unpaired) electrons. The van der Waals surface area contributed by atoms with Crippen LogP contribution in [0.5, 0.6) is 0 Å². The van der Waals surface area contributed by atoms with Crippen LogP contribution in [0.4, 0.5) is 16.0 Å². The number of amides is 1.